The highest BCUT2D eigenvalue weighted by atomic mass is 16.5. The standard InChI is InChI=1S/C11H21NO3/c1-8-6-12(7-10(8)11(13)14)9(2)4-5-15-3/h8-10H,4-7H2,1-3H3,(H,13,14). The van der Waals surface area contributed by atoms with E-state index in [4.69, 9.17) is 9.84 Å². The summed E-state index contributed by atoms with van der Waals surface area (Å²) in [6, 6.07) is 0.414. The van der Waals surface area contributed by atoms with Crippen molar-refractivity contribution in [2.24, 2.45) is 11.8 Å². The molecular weight excluding hydrogens is 194 g/mol. The van der Waals surface area contributed by atoms with Gasteiger partial charge in [-0.05, 0) is 19.3 Å². The van der Waals surface area contributed by atoms with Gasteiger partial charge in [-0.1, -0.05) is 6.92 Å². The summed E-state index contributed by atoms with van der Waals surface area (Å²) in [5.74, 6) is -0.605. The predicted molar refractivity (Wildman–Crippen MR) is 57.8 cm³/mol. The minimum atomic E-state index is -0.663. The maximum Gasteiger partial charge on any atom is 0.308 e. The average molecular weight is 215 g/mol. The SMILES string of the molecule is COCCC(C)N1CC(C)C(C(=O)O)C1. The lowest BCUT2D eigenvalue weighted by atomic mass is 9.99. The Morgan fingerprint density at radius 1 is 1.60 bits per heavy atom. The summed E-state index contributed by atoms with van der Waals surface area (Å²) in [5.41, 5.74) is 0. The molecule has 15 heavy (non-hydrogen) atoms. The molecular formula is C11H21NO3. The van der Waals surface area contributed by atoms with Gasteiger partial charge in [0.15, 0.2) is 0 Å². The third-order valence-electron chi connectivity index (χ3n) is 3.32. The zero-order valence-electron chi connectivity index (χ0n) is 9.77. The van der Waals surface area contributed by atoms with Gasteiger partial charge in [0.05, 0.1) is 5.92 Å². The number of carboxylic acid groups (broad SMARTS) is 1. The average Bonchev–Trinajstić information content (AvgIpc) is 2.56. The summed E-state index contributed by atoms with van der Waals surface area (Å²) >= 11 is 0. The highest BCUT2D eigenvalue weighted by molar-refractivity contribution is 5.71. The van der Waals surface area contributed by atoms with Crippen LogP contribution in [0.15, 0.2) is 0 Å². The molecule has 0 aromatic heterocycles. The lowest BCUT2D eigenvalue weighted by Gasteiger charge is -2.23. The van der Waals surface area contributed by atoms with Crippen molar-refractivity contribution in [3.8, 4) is 0 Å². The molecule has 0 radical (unpaired) electrons. The molecule has 0 saturated carbocycles. The van der Waals surface area contributed by atoms with Crippen LogP contribution in [0.4, 0.5) is 0 Å². The lowest BCUT2D eigenvalue weighted by Crippen LogP contribution is -2.32. The molecule has 1 rings (SSSR count). The van der Waals surface area contributed by atoms with Crippen LogP contribution in [0.5, 0.6) is 0 Å². The normalized spacial score (nSPS) is 29.3. The van der Waals surface area contributed by atoms with Gasteiger partial charge >= 0.3 is 5.97 Å². The van der Waals surface area contributed by atoms with E-state index < -0.39 is 5.97 Å². The number of hydrogen-bond acceptors (Lipinski definition) is 3. The zero-order chi connectivity index (χ0) is 11.4. The second-order valence-corrected chi connectivity index (χ2v) is 4.51. The van der Waals surface area contributed by atoms with Gasteiger partial charge in [0.1, 0.15) is 0 Å². The molecule has 3 unspecified atom stereocenters. The topological polar surface area (TPSA) is 49.8 Å². The molecule has 0 aromatic carbocycles. The molecule has 1 aliphatic heterocycles. The Labute approximate surface area is 91.2 Å². The fraction of sp³-hybridized carbons (Fsp3) is 0.909. The Bertz CT molecular complexity index is 220. The van der Waals surface area contributed by atoms with E-state index in [1.54, 1.807) is 7.11 Å². The third-order valence-corrected chi connectivity index (χ3v) is 3.32. The van der Waals surface area contributed by atoms with Gasteiger partial charge in [-0.3, -0.25) is 9.69 Å². The molecule has 3 atom stereocenters. The second-order valence-electron chi connectivity index (χ2n) is 4.51. The minimum absolute atomic E-state index is 0.199. The van der Waals surface area contributed by atoms with Gasteiger partial charge in [0.25, 0.3) is 0 Å². The van der Waals surface area contributed by atoms with E-state index in [9.17, 15) is 4.79 Å². The van der Waals surface area contributed by atoms with Crippen molar-refractivity contribution in [1.29, 1.82) is 0 Å². The van der Waals surface area contributed by atoms with E-state index in [-0.39, 0.29) is 11.8 Å². The number of rotatable bonds is 5. The Kier molecular flexibility index (Phi) is 4.54. The molecule has 1 fully saturated rings. The van der Waals surface area contributed by atoms with E-state index in [0.29, 0.717) is 12.6 Å². The van der Waals surface area contributed by atoms with Crippen LogP contribution in [0.3, 0.4) is 0 Å². The van der Waals surface area contributed by atoms with Crippen molar-refractivity contribution in [2.75, 3.05) is 26.8 Å². The number of carboxylic acids is 1. The Morgan fingerprint density at radius 3 is 2.73 bits per heavy atom. The summed E-state index contributed by atoms with van der Waals surface area (Å²) in [4.78, 5) is 13.2. The van der Waals surface area contributed by atoms with Crippen molar-refractivity contribution in [2.45, 2.75) is 26.3 Å². The van der Waals surface area contributed by atoms with Gasteiger partial charge < -0.3 is 9.84 Å². The second kappa shape index (κ2) is 5.47. The molecule has 4 heteroatoms. The van der Waals surface area contributed by atoms with Gasteiger partial charge in [-0.15, -0.1) is 0 Å². The van der Waals surface area contributed by atoms with Crippen molar-refractivity contribution in [3.63, 3.8) is 0 Å². The summed E-state index contributed by atoms with van der Waals surface area (Å²) in [6.07, 6.45) is 0.968. The fourth-order valence-electron chi connectivity index (χ4n) is 2.16. The predicted octanol–water partition coefficient (Wildman–Crippen LogP) is 1.06. The fourth-order valence-corrected chi connectivity index (χ4v) is 2.16. The monoisotopic (exact) mass is 215 g/mol. The van der Waals surface area contributed by atoms with Crippen molar-refractivity contribution >= 4 is 5.97 Å². The first-order valence-corrected chi connectivity index (χ1v) is 5.52. The number of methoxy groups -OCH3 is 1. The van der Waals surface area contributed by atoms with Crippen LogP contribution in [-0.4, -0.2) is 48.8 Å². The maximum absolute atomic E-state index is 10.9. The van der Waals surface area contributed by atoms with Crippen LogP contribution in [-0.2, 0) is 9.53 Å². The number of hydrogen-bond donors (Lipinski definition) is 1. The molecule has 4 nitrogen and oxygen atoms in total. The van der Waals surface area contributed by atoms with Gasteiger partial charge in [-0.2, -0.15) is 0 Å². The number of ether oxygens (including phenoxy) is 1. The summed E-state index contributed by atoms with van der Waals surface area (Å²) < 4.78 is 5.03. The molecule has 1 aliphatic rings. The first-order chi connectivity index (χ1) is 7.06. The summed E-state index contributed by atoms with van der Waals surface area (Å²) in [7, 11) is 1.69. The van der Waals surface area contributed by atoms with Crippen molar-refractivity contribution in [3.05, 3.63) is 0 Å². The largest absolute Gasteiger partial charge is 0.481 e. The molecule has 1 N–H and O–H groups in total. The van der Waals surface area contributed by atoms with Crippen LogP contribution in [0.25, 0.3) is 0 Å². The number of likely N-dealkylation sites (tertiary alicyclic amines) is 1. The van der Waals surface area contributed by atoms with Crippen LogP contribution in [0, 0.1) is 11.8 Å². The molecule has 0 aliphatic carbocycles. The van der Waals surface area contributed by atoms with E-state index in [2.05, 4.69) is 11.8 Å². The molecule has 1 saturated heterocycles. The third kappa shape index (κ3) is 3.18. The van der Waals surface area contributed by atoms with Crippen LogP contribution >= 0.6 is 0 Å². The molecule has 0 amide bonds. The van der Waals surface area contributed by atoms with Crippen LogP contribution in [0.1, 0.15) is 20.3 Å². The molecule has 88 valence electrons. The Balaban J connectivity index is 2.43. The Morgan fingerprint density at radius 2 is 2.27 bits per heavy atom. The summed E-state index contributed by atoms with van der Waals surface area (Å²) in [5, 5.41) is 9.01. The molecule has 0 aromatic rings. The van der Waals surface area contributed by atoms with Crippen molar-refractivity contribution < 1.29 is 14.6 Å². The minimum Gasteiger partial charge on any atom is -0.481 e. The van der Waals surface area contributed by atoms with Crippen molar-refractivity contribution in [1.82, 2.24) is 4.90 Å². The first kappa shape index (κ1) is 12.5. The van der Waals surface area contributed by atoms with E-state index in [1.807, 2.05) is 6.92 Å². The van der Waals surface area contributed by atoms with Gasteiger partial charge in [-0.25, -0.2) is 0 Å². The number of carbonyl (C=O) groups is 1. The van der Waals surface area contributed by atoms with Crippen LogP contribution < -0.4 is 0 Å². The van der Waals surface area contributed by atoms with Gasteiger partial charge in [0, 0.05) is 32.8 Å². The highest BCUT2D eigenvalue weighted by Crippen LogP contribution is 2.25. The quantitative estimate of drug-likeness (QED) is 0.745. The first-order valence-electron chi connectivity index (χ1n) is 5.52. The maximum atomic E-state index is 10.9. The highest BCUT2D eigenvalue weighted by Gasteiger charge is 2.36. The van der Waals surface area contributed by atoms with E-state index >= 15 is 0 Å². The molecule has 0 bridgehead atoms. The lowest BCUT2D eigenvalue weighted by molar-refractivity contribution is -0.142. The van der Waals surface area contributed by atoms with Crippen LogP contribution in [0.2, 0.25) is 0 Å². The van der Waals surface area contributed by atoms with E-state index in [0.717, 1.165) is 19.6 Å². The van der Waals surface area contributed by atoms with E-state index in [1.165, 1.54) is 0 Å². The number of aliphatic carboxylic acids is 1. The van der Waals surface area contributed by atoms with Gasteiger partial charge in [0.2, 0.25) is 0 Å². The molecule has 1 heterocycles. The summed E-state index contributed by atoms with van der Waals surface area (Å²) in [6.45, 7) is 6.46. The number of nitrogens with zero attached hydrogens (tertiary/aromatic N) is 1. The molecule has 0 spiro atoms. The zero-order valence-corrected chi connectivity index (χ0v) is 9.77. The smallest absolute Gasteiger partial charge is 0.308 e. The Hall–Kier alpha value is -0.610.